The first-order valence-corrected chi connectivity index (χ1v) is 7.36. The third kappa shape index (κ3) is 2.08. The maximum absolute atomic E-state index is 5.68. The fraction of sp³-hybridized carbons (Fsp3) is 0.667. The van der Waals surface area contributed by atoms with Crippen molar-refractivity contribution in [3.05, 3.63) is 17.1 Å². The first-order chi connectivity index (χ1) is 8.70. The van der Waals surface area contributed by atoms with Crippen LogP contribution in [0.1, 0.15) is 43.8 Å². The minimum atomic E-state index is -0.409. The van der Waals surface area contributed by atoms with Gasteiger partial charge in [-0.2, -0.15) is 11.8 Å². The summed E-state index contributed by atoms with van der Waals surface area (Å²) in [4.78, 5) is 9.26. The van der Waals surface area contributed by atoms with E-state index in [2.05, 4.69) is 24.3 Å². The predicted octanol–water partition coefficient (Wildman–Crippen LogP) is 2.17. The molecule has 5 nitrogen and oxygen atoms in total. The van der Waals surface area contributed by atoms with E-state index >= 15 is 0 Å². The molecule has 0 saturated heterocycles. The Labute approximate surface area is 112 Å². The Bertz CT molecular complexity index is 426. The number of hydrogen-bond donors (Lipinski definition) is 2. The molecule has 0 bridgehead atoms. The molecule has 100 valence electrons. The number of nitrogens with zero attached hydrogens (tertiary/aromatic N) is 2. The summed E-state index contributed by atoms with van der Waals surface area (Å²) in [7, 11) is 1.72. The van der Waals surface area contributed by atoms with Crippen LogP contribution in [0, 0.1) is 0 Å². The number of nitrogen functional groups attached to an aromatic ring is 1. The molecule has 2 heterocycles. The van der Waals surface area contributed by atoms with E-state index in [1.165, 1.54) is 0 Å². The van der Waals surface area contributed by atoms with E-state index in [0.29, 0.717) is 0 Å². The van der Waals surface area contributed by atoms with E-state index < -0.39 is 5.60 Å². The van der Waals surface area contributed by atoms with Crippen LogP contribution in [0.25, 0.3) is 0 Å². The van der Waals surface area contributed by atoms with Gasteiger partial charge in [0.05, 0.1) is 5.69 Å². The number of hydrogen-bond acceptors (Lipinski definition) is 6. The number of thioether (sulfide) groups is 1. The zero-order chi connectivity index (χ0) is 13.2. The average molecular weight is 268 g/mol. The van der Waals surface area contributed by atoms with Crippen LogP contribution in [0.2, 0.25) is 0 Å². The highest BCUT2D eigenvalue weighted by Gasteiger charge is 2.33. The van der Waals surface area contributed by atoms with Crippen LogP contribution in [0.3, 0.4) is 0 Å². The molecule has 0 amide bonds. The SMILES string of the molecule is CCC(CC)(OC)c1nc2c(c(NN)n1)CSC2. The molecule has 2 rings (SSSR count). The molecule has 6 heteroatoms. The number of nitrogens with two attached hydrogens (primary N) is 1. The predicted molar refractivity (Wildman–Crippen MR) is 74.1 cm³/mol. The van der Waals surface area contributed by atoms with E-state index in [0.717, 1.165) is 47.2 Å². The summed E-state index contributed by atoms with van der Waals surface area (Å²) in [5.74, 6) is 8.90. The number of aromatic nitrogens is 2. The van der Waals surface area contributed by atoms with Crippen LogP contribution in [0.4, 0.5) is 5.82 Å². The van der Waals surface area contributed by atoms with Gasteiger partial charge < -0.3 is 10.2 Å². The minimum absolute atomic E-state index is 0.409. The topological polar surface area (TPSA) is 73.1 Å². The first kappa shape index (κ1) is 13.6. The molecule has 0 unspecified atom stereocenters. The third-order valence-electron chi connectivity index (χ3n) is 3.66. The standard InChI is InChI=1S/C12H20N4OS/c1-4-12(5-2,17-3)11-14-9-7-18-6-8(9)10(15-11)16-13/h4-7,13H2,1-3H3,(H,14,15,16). The van der Waals surface area contributed by atoms with Crippen molar-refractivity contribution in [3.63, 3.8) is 0 Å². The van der Waals surface area contributed by atoms with Gasteiger partial charge in [-0.15, -0.1) is 0 Å². The van der Waals surface area contributed by atoms with Gasteiger partial charge in [-0.3, -0.25) is 0 Å². The Morgan fingerprint density at radius 2 is 2.06 bits per heavy atom. The first-order valence-electron chi connectivity index (χ1n) is 6.20. The fourth-order valence-electron chi connectivity index (χ4n) is 2.32. The average Bonchev–Trinajstić information content (AvgIpc) is 2.89. The Morgan fingerprint density at radius 1 is 1.33 bits per heavy atom. The number of nitrogens with one attached hydrogen (secondary N) is 1. The van der Waals surface area contributed by atoms with E-state index in [1.807, 2.05) is 11.8 Å². The second-order valence-corrected chi connectivity index (χ2v) is 5.35. The zero-order valence-electron chi connectivity index (χ0n) is 11.1. The van der Waals surface area contributed by atoms with E-state index in [1.54, 1.807) is 7.11 Å². The molecule has 0 radical (unpaired) electrons. The molecule has 1 aromatic rings. The second-order valence-electron chi connectivity index (χ2n) is 4.36. The number of anilines is 1. The molecule has 0 aromatic carbocycles. The molecule has 1 aliphatic heterocycles. The summed E-state index contributed by atoms with van der Waals surface area (Å²) in [6, 6.07) is 0. The minimum Gasteiger partial charge on any atom is -0.370 e. The van der Waals surface area contributed by atoms with Gasteiger partial charge in [0.25, 0.3) is 0 Å². The fourth-order valence-corrected chi connectivity index (χ4v) is 3.36. The zero-order valence-corrected chi connectivity index (χ0v) is 11.9. The highest BCUT2D eigenvalue weighted by atomic mass is 32.2. The van der Waals surface area contributed by atoms with Gasteiger partial charge in [0.2, 0.25) is 0 Å². The van der Waals surface area contributed by atoms with E-state index in [-0.39, 0.29) is 0 Å². The molecule has 0 spiro atoms. The van der Waals surface area contributed by atoms with Crippen molar-refractivity contribution >= 4 is 17.6 Å². The Morgan fingerprint density at radius 3 is 2.61 bits per heavy atom. The van der Waals surface area contributed by atoms with Crippen LogP contribution < -0.4 is 11.3 Å². The number of methoxy groups -OCH3 is 1. The summed E-state index contributed by atoms with van der Waals surface area (Å²) < 4.78 is 5.68. The molecule has 3 N–H and O–H groups in total. The lowest BCUT2D eigenvalue weighted by atomic mass is 9.95. The van der Waals surface area contributed by atoms with Gasteiger partial charge in [-0.25, -0.2) is 15.8 Å². The van der Waals surface area contributed by atoms with Crippen molar-refractivity contribution in [1.82, 2.24) is 9.97 Å². The summed E-state index contributed by atoms with van der Waals surface area (Å²) in [6.45, 7) is 4.18. The Balaban J connectivity index is 2.51. The van der Waals surface area contributed by atoms with Crippen molar-refractivity contribution in [2.75, 3.05) is 12.5 Å². The van der Waals surface area contributed by atoms with Gasteiger partial charge in [0, 0.05) is 24.2 Å². The Hall–Kier alpha value is -0.850. The number of fused-ring (bicyclic) bond motifs is 1. The van der Waals surface area contributed by atoms with Crippen molar-refractivity contribution in [2.24, 2.45) is 5.84 Å². The summed E-state index contributed by atoms with van der Waals surface area (Å²) >= 11 is 1.84. The van der Waals surface area contributed by atoms with Crippen LogP contribution in [0.15, 0.2) is 0 Å². The number of hydrazine groups is 1. The van der Waals surface area contributed by atoms with Gasteiger partial charge >= 0.3 is 0 Å². The molecule has 1 aliphatic rings. The lowest BCUT2D eigenvalue weighted by Gasteiger charge is -2.29. The molecule has 0 saturated carbocycles. The number of ether oxygens (including phenoxy) is 1. The van der Waals surface area contributed by atoms with Crippen LogP contribution in [0.5, 0.6) is 0 Å². The maximum atomic E-state index is 5.68. The summed E-state index contributed by atoms with van der Waals surface area (Å²) in [5.41, 5.74) is 4.50. The van der Waals surface area contributed by atoms with E-state index in [9.17, 15) is 0 Å². The molecule has 0 aliphatic carbocycles. The van der Waals surface area contributed by atoms with Gasteiger partial charge in [-0.05, 0) is 12.8 Å². The normalized spacial score (nSPS) is 14.7. The number of rotatable bonds is 5. The third-order valence-corrected chi connectivity index (χ3v) is 4.63. The van der Waals surface area contributed by atoms with Gasteiger partial charge in [0.15, 0.2) is 5.82 Å². The van der Waals surface area contributed by atoms with Crippen molar-refractivity contribution < 1.29 is 4.74 Å². The van der Waals surface area contributed by atoms with Crippen LogP contribution in [-0.4, -0.2) is 17.1 Å². The lowest BCUT2D eigenvalue weighted by molar-refractivity contribution is -0.0291. The van der Waals surface area contributed by atoms with E-state index in [4.69, 9.17) is 15.6 Å². The quantitative estimate of drug-likeness (QED) is 0.630. The molecule has 18 heavy (non-hydrogen) atoms. The molecule has 0 atom stereocenters. The Kier molecular flexibility index (Phi) is 4.09. The second kappa shape index (κ2) is 5.42. The highest BCUT2D eigenvalue weighted by Crippen LogP contribution is 2.36. The molecule has 0 fully saturated rings. The largest absolute Gasteiger partial charge is 0.370 e. The van der Waals surface area contributed by atoms with Gasteiger partial charge in [-0.1, -0.05) is 13.8 Å². The smallest absolute Gasteiger partial charge is 0.162 e. The summed E-state index contributed by atoms with van der Waals surface area (Å²) in [5, 5.41) is 0. The summed E-state index contributed by atoms with van der Waals surface area (Å²) in [6.07, 6.45) is 1.69. The van der Waals surface area contributed by atoms with Crippen molar-refractivity contribution in [2.45, 2.75) is 43.8 Å². The van der Waals surface area contributed by atoms with Crippen molar-refractivity contribution in [3.8, 4) is 0 Å². The monoisotopic (exact) mass is 268 g/mol. The lowest BCUT2D eigenvalue weighted by Crippen LogP contribution is -2.30. The maximum Gasteiger partial charge on any atom is 0.162 e. The molecular formula is C12H20N4OS. The van der Waals surface area contributed by atoms with Crippen LogP contribution in [-0.2, 0) is 21.8 Å². The molecular weight excluding hydrogens is 248 g/mol. The highest BCUT2D eigenvalue weighted by molar-refractivity contribution is 7.98. The molecule has 1 aromatic heterocycles. The van der Waals surface area contributed by atoms with Gasteiger partial charge in [0.1, 0.15) is 11.4 Å². The van der Waals surface area contributed by atoms with Crippen LogP contribution >= 0.6 is 11.8 Å². The van der Waals surface area contributed by atoms with Crippen molar-refractivity contribution in [1.29, 1.82) is 0 Å².